The Morgan fingerprint density at radius 3 is 2.09 bits per heavy atom. The Bertz CT molecular complexity index is 1250. The van der Waals surface area contributed by atoms with Crippen LogP contribution in [0.15, 0.2) is 42.5 Å². The first-order chi connectivity index (χ1) is 21.2. The van der Waals surface area contributed by atoms with E-state index >= 15 is 0 Å². The topological polar surface area (TPSA) is 55.9 Å². The van der Waals surface area contributed by atoms with Gasteiger partial charge in [0.05, 0.1) is 6.04 Å². The highest BCUT2D eigenvalue weighted by atomic mass is 35.5. The highest BCUT2D eigenvalue weighted by Crippen LogP contribution is 2.30. The minimum absolute atomic E-state index is 0.0493. The lowest BCUT2D eigenvalue weighted by atomic mass is 9.89. The van der Waals surface area contributed by atoms with E-state index in [1.807, 2.05) is 34.1 Å². The summed E-state index contributed by atoms with van der Waals surface area (Å²) in [7, 11) is 4.27. The second-order valence-corrected chi connectivity index (χ2v) is 13.6. The molecule has 2 saturated carbocycles. The molecular formula is C35H47ClF2N4O2. The van der Waals surface area contributed by atoms with E-state index in [0.29, 0.717) is 49.5 Å². The standard InChI is InChI=1S/C35H47ClF2N4O2/c1-40(2)28-15-13-27(14-16-28)39-33(22-24-8-11-26(36)12-9-24)35(44)41-20-18-30(19-21-41)42(29-6-4-3-5-7-29)34(43)25-10-17-31(37)32(38)23-25/h8-12,17,23,27-30,33,39H,3-7,13-16,18-22H2,1-2H3/t27-,28+,33-/m1/s1. The number of rotatable bonds is 9. The summed E-state index contributed by atoms with van der Waals surface area (Å²) in [5.41, 5.74) is 1.25. The Labute approximate surface area is 266 Å². The van der Waals surface area contributed by atoms with Gasteiger partial charge in [0.1, 0.15) is 0 Å². The first kappa shape index (κ1) is 32.8. The molecule has 1 atom stereocenters. The van der Waals surface area contributed by atoms with E-state index in [1.165, 1.54) is 6.07 Å². The molecule has 1 heterocycles. The van der Waals surface area contributed by atoms with Crippen LogP contribution in [0.5, 0.6) is 0 Å². The van der Waals surface area contributed by atoms with Gasteiger partial charge in [-0.15, -0.1) is 0 Å². The SMILES string of the molecule is CN(C)[C@H]1CC[C@@H](N[C@H](Cc2ccc(Cl)cc2)C(=O)N2CCC(N(C(=O)c3ccc(F)c(F)c3)C3CCCCC3)CC2)CC1. The van der Waals surface area contributed by atoms with Gasteiger partial charge in [-0.3, -0.25) is 9.59 Å². The number of nitrogens with zero attached hydrogens (tertiary/aromatic N) is 3. The van der Waals surface area contributed by atoms with Gasteiger partial charge < -0.3 is 20.0 Å². The fourth-order valence-corrected chi connectivity index (χ4v) is 7.60. The number of nitrogens with one attached hydrogen (secondary N) is 1. The van der Waals surface area contributed by atoms with Gasteiger partial charge in [-0.25, -0.2) is 8.78 Å². The zero-order chi connectivity index (χ0) is 31.2. The summed E-state index contributed by atoms with van der Waals surface area (Å²) < 4.78 is 27.8. The van der Waals surface area contributed by atoms with Crippen LogP contribution in [0, 0.1) is 11.6 Å². The minimum atomic E-state index is -1.01. The Balaban J connectivity index is 1.27. The number of carbonyl (C=O) groups is 2. The summed E-state index contributed by atoms with van der Waals surface area (Å²) in [4.78, 5) is 34.1. The van der Waals surface area contributed by atoms with Crippen molar-refractivity contribution in [3.8, 4) is 0 Å². The summed E-state index contributed by atoms with van der Waals surface area (Å²) >= 11 is 6.14. The molecule has 1 saturated heterocycles. The quantitative estimate of drug-likeness (QED) is 0.347. The Kier molecular flexibility index (Phi) is 11.3. The largest absolute Gasteiger partial charge is 0.341 e. The third kappa shape index (κ3) is 8.18. The Morgan fingerprint density at radius 1 is 0.841 bits per heavy atom. The molecule has 9 heteroatoms. The molecule has 2 aromatic rings. The van der Waals surface area contributed by atoms with Crippen LogP contribution in [0.25, 0.3) is 0 Å². The number of likely N-dealkylation sites (tertiary alicyclic amines) is 1. The maximum Gasteiger partial charge on any atom is 0.254 e. The molecule has 5 rings (SSSR count). The van der Waals surface area contributed by atoms with Crippen molar-refractivity contribution in [2.24, 2.45) is 0 Å². The maximum atomic E-state index is 14.1. The lowest BCUT2D eigenvalue weighted by Gasteiger charge is -2.44. The van der Waals surface area contributed by atoms with Crippen molar-refractivity contribution in [3.05, 3.63) is 70.2 Å². The molecule has 44 heavy (non-hydrogen) atoms. The first-order valence-corrected chi connectivity index (χ1v) is 16.8. The molecule has 2 aromatic carbocycles. The van der Waals surface area contributed by atoms with E-state index in [1.54, 1.807) is 0 Å². The molecular weight excluding hydrogens is 582 g/mol. The van der Waals surface area contributed by atoms with Gasteiger partial charge in [0.15, 0.2) is 11.6 Å². The van der Waals surface area contributed by atoms with Crippen LogP contribution < -0.4 is 5.32 Å². The van der Waals surface area contributed by atoms with Gasteiger partial charge >= 0.3 is 0 Å². The van der Waals surface area contributed by atoms with E-state index in [4.69, 9.17) is 11.6 Å². The second-order valence-electron chi connectivity index (χ2n) is 13.2. The van der Waals surface area contributed by atoms with E-state index < -0.39 is 11.6 Å². The van der Waals surface area contributed by atoms with Crippen LogP contribution in [0.1, 0.15) is 86.6 Å². The van der Waals surface area contributed by atoms with Crippen LogP contribution in [0.4, 0.5) is 8.78 Å². The molecule has 0 spiro atoms. The Hall–Kier alpha value is -2.55. The fourth-order valence-electron chi connectivity index (χ4n) is 7.47. The molecule has 2 amide bonds. The molecule has 6 nitrogen and oxygen atoms in total. The van der Waals surface area contributed by atoms with Crippen LogP contribution in [0.2, 0.25) is 5.02 Å². The van der Waals surface area contributed by atoms with E-state index in [-0.39, 0.29) is 35.5 Å². The first-order valence-electron chi connectivity index (χ1n) is 16.4. The van der Waals surface area contributed by atoms with Crippen molar-refractivity contribution >= 4 is 23.4 Å². The number of halogens is 3. The fraction of sp³-hybridized carbons (Fsp3) is 0.600. The van der Waals surface area contributed by atoms with Gasteiger partial charge in [-0.2, -0.15) is 0 Å². The second kappa shape index (κ2) is 15.2. The summed E-state index contributed by atoms with van der Waals surface area (Å²) in [6, 6.07) is 11.7. The molecule has 3 fully saturated rings. The monoisotopic (exact) mass is 628 g/mol. The molecule has 1 N–H and O–H groups in total. The van der Waals surface area contributed by atoms with Gasteiger partial charge in [0.25, 0.3) is 5.91 Å². The number of carbonyl (C=O) groups excluding carboxylic acids is 2. The zero-order valence-corrected chi connectivity index (χ0v) is 26.9. The molecule has 1 aliphatic heterocycles. The predicted molar refractivity (Wildman–Crippen MR) is 171 cm³/mol. The van der Waals surface area contributed by atoms with Gasteiger partial charge in [-0.05, 0) is 108 Å². The zero-order valence-electron chi connectivity index (χ0n) is 26.1. The lowest BCUT2D eigenvalue weighted by Crippen LogP contribution is -2.57. The molecule has 3 aliphatic rings. The maximum absolute atomic E-state index is 14.1. The van der Waals surface area contributed by atoms with Crippen molar-refractivity contribution < 1.29 is 18.4 Å². The summed E-state index contributed by atoms with van der Waals surface area (Å²) in [6.07, 6.45) is 11.3. The van der Waals surface area contributed by atoms with E-state index in [0.717, 1.165) is 75.5 Å². The average molecular weight is 629 g/mol. The Morgan fingerprint density at radius 2 is 1.48 bits per heavy atom. The number of hydrogen-bond donors (Lipinski definition) is 1. The molecule has 2 aliphatic carbocycles. The van der Waals surface area contributed by atoms with Crippen LogP contribution in [0.3, 0.4) is 0 Å². The van der Waals surface area contributed by atoms with Crippen LogP contribution >= 0.6 is 11.6 Å². The molecule has 0 bridgehead atoms. The number of amides is 2. The van der Waals surface area contributed by atoms with E-state index in [2.05, 4.69) is 24.3 Å². The highest BCUT2D eigenvalue weighted by Gasteiger charge is 2.37. The van der Waals surface area contributed by atoms with Gasteiger partial charge in [0.2, 0.25) is 5.91 Å². The van der Waals surface area contributed by atoms with Crippen molar-refractivity contribution in [3.63, 3.8) is 0 Å². The smallest absolute Gasteiger partial charge is 0.254 e. The summed E-state index contributed by atoms with van der Waals surface area (Å²) in [5, 5.41) is 4.41. The van der Waals surface area contributed by atoms with Crippen molar-refractivity contribution in [1.82, 2.24) is 20.0 Å². The summed E-state index contributed by atoms with van der Waals surface area (Å²) in [6.45, 7) is 1.12. The average Bonchev–Trinajstić information content (AvgIpc) is 3.04. The molecule has 240 valence electrons. The molecule has 0 unspecified atom stereocenters. The van der Waals surface area contributed by atoms with Crippen molar-refractivity contribution in [2.45, 2.75) is 107 Å². The van der Waals surface area contributed by atoms with Crippen molar-refractivity contribution in [2.75, 3.05) is 27.2 Å². The molecule has 0 radical (unpaired) electrons. The highest BCUT2D eigenvalue weighted by molar-refractivity contribution is 6.30. The minimum Gasteiger partial charge on any atom is -0.341 e. The van der Waals surface area contributed by atoms with Crippen LogP contribution in [-0.2, 0) is 11.2 Å². The van der Waals surface area contributed by atoms with Gasteiger partial charge in [0, 0.05) is 47.8 Å². The molecule has 0 aromatic heterocycles. The predicted octanol–water partition coefficient (Wildman–Crippen LogP) is 6.46. The number of benzene rings is 2. The van der Waals surface area contributed by atoms with E-state index in [9.17, 15) is 18.4 Å². The third-order valence-electron chi connectivity index (χ3n) is 10.1. The van der Waals surface area contributed by atoms with Crippen molar-refractivity contribution in [1.29, 1.82) is 0 Å². The normalized spacial score (nSPS) is 22.6. The number of piperidine rings is 1. The lowest BCUT2D eigenvalue weighted by molar-refractivity contribution is -0.135. The van der Waals surface area contributed by atoms with Gasteiger partial charge in [-0.1, -0.05) is 43.0 Å². The van der Waals surface area contributed by atoms with Crippen LogP contribution in [-0.4, -0.2) is 83.9 Å². The number of hydrogen-bond acceptors (Lipinski definition) is 4. The summed E-state index contributed by atoms with van der Waals surface area (Å²) in [5.74, 6) is -2.10. The third-order valence-corrected chi connectivity index (χ3v) is 10.3.